The molecule has 0 saturated heterocycles. The van der Waals surface area contributed by atoms with Crippen LogP contribution in [0.15, 0.2) is 60.8 Å². The highest BCUT2D eigenvalue weighted by molar-refractivity contribution is 5.85. The maximum absolute atomic E-state index is 13.1. The summed E-state index contributed by atoms with van der Waals surface area (Å²) in [6.45, 7) is 1.73. The number of hydrogen-bond donors (Lipinski definition) is 0. The molecule has 2 nitrogen and oxygen atoms in total. The first-order valence-electron chi connectivity index (χ1n) is 8.53. The van der Waals surface area contributed by atoms with Crippen LogP contribution in [0.25, 0.3) is 17.0 Å². The van der Waals surface area contributed by atoms with Gasteiger partial charge in [0.25, 0.3) is 0 Å². The summed E-state index contributed by atoms with van der Waals surface area (Å²) in [6.07, 6.45) is 0.466. The smallest absolute Gasteiger partial charge is 0.299 e. The Morgan fingerprint density at radius 2 is 1.93 bits per heavy atom. The number of carbonyl (C=O) groups excluding carboxylic acids is 1. The van der Waals surface area contributed by atoms with Gasteiger partial charge >= 0.3 is 6.18 Å². The summed E-state index contributed by atoms with van der Waals surface area (Å²) in [5.74, 6) is -0.0595. The molecule has 1 aromatic heterocycles. The van der Waals surface area contributed by atoms with Crippen molar-refractivity contribution in [2.24, 2.45) is 0 Å². The number of halogens is 3. The minimum atomic E-state index is -4.42. The zero-order valence-electron chi connectivity index (χ0n) is 14.8. The lowest BCUT2D eigenvalue weighted by atomic mass is 10.0. The van der Waals surface area contributed by atoms with E-state index in [0.29, 0.717) is 0 Å². The van der Waals surface area contributed by atoms with Crippen molar-refractivity contribution >= 4 is 22.8 Å². The number of ketones is 1. The second-order valence-corrected chi connectivity index (χ2v) is 6.44. The van der Waals surface area contributed by atoms with E-state index in [1.807, 2.05) is 30.3 Å². The Balaban J connectivity index is 1.69. The van der Waals surface area contributed by atoms with Crippen LogP contribution in [0.5, 0.6) is 0 Å². The van der Waals surface area contributed by atoms with Crippen LogP contribution >= 0.6 is 0 Å². The summed E-state index contributed by atoms with van der Waals surface area (Å²) >= 11 is 0. The fourth-order valence-electron chi connectivity index (χ4n) is 2.93. The highest BCUT2D eigenvalue weighted by Gasteiger charge is 2.32. The van der Waals surface area contributed by atoms with Crippen LogP contribution in [0.1, 0.15) is 28.7 Å². The van der Waals surface area contributed by atoms with Crippen molar-refractivity contribution in [3.63, 3.8) is 0 Å². The van der Waals surface area contributed by atoms with Gasteiger partial charge in [0.15, 0.2) is 0 Å². The van der Waals surface area contributed by atoms with Gasteiger partial charge in [0.1, 0.15) is 5.78 Å². The molecule has 0 fully saturated rings. The van der Waals surface area contributed by atoms with Crippen molar-refractivity contribution in [3.8, 4) is 0 Å². The van der Waals surface area contributed by atoms with Crippen molar-refractivity contribution in [1.29, 1.82) is 0 Å². The quantitative estimate of drug-likeness (QED) is 0.571. The minimum Gasteiger partial charge on any atom is -0.299 e. The van der Waals surface area contributed by atoms with Crippen LogP contribution < -0.4 is 0 Å². The normalized spacial score (nSPS) is 12.0. The number of fused-ring (bicyclic) bond motifs is 1. The monoisotopic (exact) mass is 369 g/mol. The van der Waals surface area contributed by atoms with Crippen LogP contribution in [0, 0.1) is 6.92 Å². The predicted octanol–water partition coefficient (Wildman–Crippen LogP) is 5.78. The first kappa shape index (κ1) is 18.8. The number of benzene rings is 2. The molecule has 3 rings (SSSR count). The van der Waals surface area contributed by atoms with E-state index in [9.17, 15) is 18.0 Å². The fourth-order valence-corrected chi connectivity index (χ4v) is 2.93. The molecule has 27 heavy (non-hydrogen) atoms. The molecule has 0 amide bonds. The van der Waals surface area contributed by atoms with E-state index < -0.39 is 11.7 Å². The molecule has 138 valence electrons. The standard InChI is InChI=1S/C22H18F3NO/c1-15-7-9-20(22(23,24)25)17(12-15)4-2-6-19(27)14-16-8-10-21-18(13-16)5-3-11-26-21/h2-5,7-13H,6,14H2,1H3/b4-2+. The maximum atomic E-state index is 13.1. The largest absolute Gasteiger partial charge is 0.416 e. The lowest BCUT2D eigenvalue weighted by Gasteiger charge is -2.11. The summed E-state index contributed by atoms with van der Waals surface area (Å²) in [5, 5.41) is 0.952. The number of pyridine rings is 1. The summed E-state index contributed by atoms with van der Waals surface area (Å²) < 4.78 is 39.2. The number of alkyl halides is 3. The van der Waals surface area contributed by atoms with Gasteiger partial charge in [0, 0.05) is 24.4 Å². The Hall–Kier alpha value is -2.95. The molecule has 0 aliphatic heterocycles. The second-order valence-electron chi connectivity index (χ2n) is 6.44. The van der Waals surface area contributed by atoms with Crippen LogP contribution in [-0.4, -0.2) is 10.8 Å². The predicted molar refractivity (Wildman–Crippen MR) is 100 cm³/mol. The molecule has 0 unspecified atom stereocenters. The molecular formula is C22H18F3NO. The first-order valence-corrected chi connectivity index (χ1v) is 8.53. The zero-order valence-corrected chi connectivity index (χ0v) is 14.8. The van der Waals surface area contributed by atoms with E-state index in [1.165, 1.54) is 24.3 Å². The molecule has 5 heteroatoms. The lowest BCUT2D eigenvalue weighted by molar-refractivity contribution is -0.137. The third-order valence-corrected chi connectivity index (χ3v) is 4.22. The van der Waals surface area contributed by atoms with Gasteiger partial charge in [0.2, 0.25) is 0 Å². The van der Waals surface area contributed by atoms with E-state index in [-0.39, 0.29) is 24.2 Å². The van der Waals surface area contributed by atoms with Gasteiger partial charge in [-0.15, -0.1) is 0 Å². The second kappa shape index (κ2) is 7.74. The SMILES string of the molecule is Cc1ccc(C(F)(F)F)c(/C=C/CC(=O)Cc2ccc3ncccc3c2)c1. The van der Waals surface area contributed by atoms with Crippen molar-refractivity contribution < 1.29 is 18.0 Å². The summed E-state index contributed by atoms with van der Waals surface area (Å²) in [7, 11) is 0. The molecule has 0 aliphatic carbocycles. The van der Waals surface area contributed by atoms with E-state index in [0.717, 1.165) is 28.1 Å². The van der Waals surface area contributed by atoms with E-state index in [4.69, 9.17) is 0 Å². The number of nitrogens with zero attached hydrogens (tertiary/aromatic N) is 1. The molecule has 0 atom stereocenters. The van der Waals surface area contributed by atoms with Crippen LogP contribution in [0.2, 0.25) is 0 Å². The number of carbonyl (C=O) groups is 1. The van der Waals surface area contributed by atoms with Gasteiger partial charge in [-0.3, -0.25) is 9.78 Å². The van der Waals surface area contributed by atoms with Crippen LogP contribution in [0.3, 0.4) is 0 Å². The van der Waals surface area contributed by atoms with Crippen molar-refractivity contribution in [1.82, 2.24) is 4.98 Å². The van der Waals surface area contributed by atoms with Gasteiger partial charge in [0.05, 0.1) is 11.1 Å². The molecule has 3 aromatic rings. The minimum absolute atomic E-state index is 0.0595. The number of allylic oxidation sites excluding steroid dienone is 1. The van der Waals surface area contributed by atoms with Gasteiger partial charge in [-0.2, -0.15) is 13.2 Å². The molecule has 0 bridgehead atoms. The Morgan fingerprint density at radius 3 is 2.70 bits per heavy atom. The molecule has 0 radical (unpaired) electrons. The number of rotatable bonds is 5. The highest BCUT2D eigenvalue weighted by atomic mass is 19.4. The molecule has 0 spiro atoms. The molecule has 0 N–H and O–H groups in total. The number of Topliss-reactive ketones (excluding diaryl/α,β-unsaturated/α-hetero) is 1. The molecular weight excluding hydrogens is 351 g/mol. The Kier molecular flexibility index (Phi) is 5.40. The van der Waals surface area contributed by atoms with Gasteiger partial charge < -0.3 is 0 Å². The van der Waals surface area contributed by atoms with E-state index in [1.54, 1.807) is 13.1 Å². The highest BCUT2D eigenvalue weighted by Crippen LogP contribution is 2.33. The number of aryl methyl sites for hydroxylation is 1. The van der Waals surface area contributed by atoms with Crippen molar-refractivity contribution in [3.05, 3.63) is 83.1 Å². The lowest BCUT2D eigenvalue weighted by Crippen LogP contribution is -2.07. The molecule has 0 aliphatic rings. The number of hydrogen-bond acceptors (Lipinski definition) is 2. The van der Waals surface area contributed by atoms with Crippen molar-refractivity contribution in [2.45, 2.75) is 25.9 Å². The average molecular weight is 369 g/mol. The Morgan fingerprint density at radius 1 is 1.11 bits per heavy atom. The van der Waals surface area contributed by atoms with E-state index in [2.05, 4.69) is 4.98 Å². The fraction of sp³-hybridized carbons (Fsp3) is 0.182. The molecule has 2 aromatic carbocycles. The Labute approximate surface area is 155 Å². The summed E-state index contributed by atoms with van der Waals surface area (Å²) in [6, 6.07) is 13.3. The zero-order chi connectivity index (χ0) is 19.4. The van der Waals surface area contributed by atoms with Crippen molar-refractivity contribution in [2.75, 3.05) is 0 Å². The topological polar surface area (TPSA) is 30.0 Å². The molecule has 0 saturated carbocycles. The Bertz CT molecular complexity index is 1010. The van der Waals surface area contributed by atoms with Gasteiger partial charge in [-0.1, -0.05) is 42.0 Å². The number of aromatic nitrogens is 1. The summed E-state index contributed by atoms with van der Waals surface area (Å²) in [5.41, 5.74) is 1.83. The van der Waals surface area contributed by atoms with Crippen LogP contribution in [0.4, 0.5) is 13.2 Å². The van der Waals surface area contributed by atoms with Gasteiger partial charge in [-0.25, -0.2) is 0 Å². The third kappa shape index (κ3) is 4.82. The average Bonchev–Trinajstić information content (AvgIpc) is 2.60. The summed E-state index contributed by atoms with van der Waals surface area (Å²) in [4.78, 5) is 16.4. The van der Waals surface area contributed by atoms with Gasteiger partial charge in [-0.05, 0) is 42.3 Å². The third-order valence-electron chi connectivity index (χ3n) is 4.22. The van der Waals surface area contributed by atoms with Crippen LogP contribution in [-0.2, 0) is 17.4 Å². The molecule has 1 heterocycles. The first-order chi connectivity index (χ1) is 12.8. The maximum Gasteiger partial charge on any atom is 0.416 e. The van der Waals surface area contributed by atoms with E-state index >= 15 is 0 Å².